The molecule has 3 aromatic rings. The van der Waals surface area contributed by atoms with Crippen molar-refractivity contribution >= 4 is 0 Å². The topological polar surface area (TPSA) is 25.8 Å². The molecular formula is C36H52N2. The number of hydrogen-bond acceptors (Lipinski definition) is 2. The number of aromatic nitrogens is 2. The molecule has 2 heterocycles. The van der Waals surface area contributed by atoms with Crippen LogP contribution in [0.25, 0.3) is 0 Å². The standard InChI is InChI=1S/C36H52N2/c1-27(28-16-20-37-21-17-28)24-34(5,6)31(30-18-22-38-23-19-30)26-35(7,8)36(9,10)32(25-33(2,3)4)29-14-12-11-13-15-29/h11-23,27,31-32H,24-26H2,1-10H3. The van der Waals surface area contributed by atoms with Gasteiger partial charge in [0.05, 0.1) is 0 Å². The Morgan fingerprint density at radius 3 is 1.53 bits per heavy atom. The second-order valence-corrected chi connectivity index (χ2v) is 14.7. The summed E-state index contributed by atoms with van der Waals surface area (Å²) in [7, 11) is 0. The quantitative estimate of drug-likeness (QED) is 0.255. The van der Waals surface area contributed by atoms with Gasteiger partial charge in [-0.2, -0.15) is 0 Å². The van der Waals surface area contributed by atoms with Crippen molar-refractivity contribution in [3.8, 4) is 0 Å². The summed E-state index contributed by atoms with van der Waals surface area (Å²) in [5, 5.41) is 0. The van der Waals surface area contributed by atoms with Crippen molar-refractivity contribution in [2.75, 3.05) is 0 Å². The zero-order valence-electron chi connectivity index (χ0n) is 25.8. The lowest BCUT2D eigenvalue weighted by Gasteiger charge is -2.52. The first-order chi connectivity index (χ1) is 17.6. The Labute approximate surface area is 233 Å². The summed E-state index contributed by atoms with van der Waals surface area (Å²) < 4.78 is 0. The molecule has 0 aliphatic heterocycles. The minimum absolute atomic E-state index is 0.0830. The minimum Gasteiger partial charge on any atom is -0.265 e. The average molecular weight is 513 g/mol. The smallest absolute Gasteiger partial charge is 0.0270 e. The Balaban J connectivity index is 2.00. The van der Waals surface area contributed by atoms with E-state index in [1.807, 2.05) is 24.8 Å². The summed E-state index contributed by atoms with van der Waals surface area (Å²) in [6, 6.07) is 20.1. The van der Waals surface area contributed by atoms with E-state index in [4.69, 9.17) is 0 Å². The van der Waals surface area contributed by atoms with Gasteiger partial charge in [0.2, 0.25) is 0 Å². The van der Waals surface area contributed by atoms with Crippen LogP contribution < -0.4 is 0 Å². The van der Waals surface area contributed by atoms with Crippen LogP contribution in [0.5, 0.6) is 0 Å². The Kier molecular flexibility index (Phi) is 9.28. The van der Waals surface area contributed by atoms with E-state index in [1.165, 1.54) is 16.7 Å². The van der Waals surface area contributed by atoms with Crippen LogP contribution in [0.4, 0.5) is 0 Å². The molecule has 206 valence electrons. The van der Waals surface area contributed by atoms with Crippen LogP contribution in [0.3, 0.4) is 0 Å². The van der Waals surface area contributed by atoms with Crippen molar-refractivity contribution in [2.45, 2.75) is 106 Å². The number of nitrogens with zero attached hydrogens (tertiary/aromatic N) is 2. The lowest BCUT2D eigenvalue weighted by molar-refractivity contribution is 0.0266. The van der Waals surface area contributed by atoms with E-state index < -0.39 is 0 Å². The highest BCUT2D eigenvalue weighted by Crippen LogP contribution is 2.58. The van der Waals surface area contributed by atoms with Gasteiger partial charge in [0, 0.05) is 24.8 Å². The van der Waals surface area contributed by atoms with Crippen LogP contribution in [0.1, 0.15) is 123 Å². The Morgan fingerprint density at radius 2 is 1.03 bits per heavy atom. The normalized spacial score (nSPS) is 15.6. The molecule has 0 amide bonds. The fourth-order valence-electron chi connectivity index (χ4n) is 6.51. The third-order valence-corrected chi connectivity index (χ3v) is 9.51. The van der Waals surface area contributed by atoms with E-state index in [0.29, 0.717) is 17.8 Å². The lowest BCUT2D eigenvalue weighted by Crippen LogP contribution is -2.42. The van der Waals surface area contributed by atoms with Crippen LogP contribution in [-0.4, -0.2) is 9.97 Å². The molecule has 3 rings (SSSR count). The molecule has 2 heteroatoms. The van der Waals surface area contributed by atoms with Crippen LogP contribution >= 0.6 is 0 Å². The molecule has 3 atom stereocenters. The van der Waals surface area contributed by atoms with E-state index in [1.54, 1.807) is 0 Å². The summed E-state index contributed by atoms with van der Waals surface area (Å²) >= 11 is 0. The maximum absolute atomic E-state index is 4.36. The first kappa shape index (κ1) is 30.1. The number of rotatable bonds is 11. The molecule has 2 nitrogen and oxygen atoms in total. The molecule has 38 heavy (non-hydrogen) atoms. The van der Waals surface area contributed by atoms with Gasteiger partial charge < -0.3 is 0 Å². The van der Waals surface area contributed by atoms with Gasteiger partial charge in [-0.25, -0.2) is 0 Å². The fourth-order valence-corrected chi connectivity index (χ4v) is 6.51. The number of hydrogen-bond donors (Lipinski definition) is 0. The first-order valence-corrected chi connectivity index (χ1v) is 14.5. The van der Waals surface area contributed by atoms with Crippen molar-refractivity contribution in [1.82, 2.24) is 9.97 Å². The third kappa shape index (κ3) is 7.33. The largest absolute Gasteiger partial charge is 0.265 e. The highest BCUT2D eigenvalue weighted by molar-refractivity contribution is 5.25. The van der Waals surface area contributed by atoms with E-state index in [0.717, 1.165) is 19.3 Å². The fraction of sp³-hybridized carbons (Fsp3) is 0.556. The highest BCUT2D eigenvalue weighted by atomic mass is 14.6. The molecule has 0 radical (unpaired) electrons. The Morgan fingerprint density at radius 1 is 0.553 bits per heavy atom. The molecule has 0 bridgehead atoms. The lowest BCUT2D eigenvalue weighted by atomic mass is 9.52. The SMILES string of the molecule is CC(CC(C)(C)C(CC(C)(C)C(C)(C)C(CC(C)(C)C)c1ccccc1)c1ccncc1)c1ccncc1. The summed E-state index contributed by atoms with van der Waals surface area (Å²) in [5.41, 5.74) is 4.76. The van der Waals surface area contributed by atoms with Gasteiger partial charge in [-0.15, -0.1) is 0 Å². The van der Waals surface area contributed by atoms with Crippen molar-refractivity contribution in [2.24, 2.45) is 21.7 Å². The first-order valence-electron chi connectivity index (χ1n) is 14.5. The molecule has 0 aliphatic rings. The molecule has 1 aromatic carbocycles. The molecule has 0 fully saturated rings. The maximum Gasteiger partial charge on any atom is 0.0270 e. The second kappa shape index (κ2) is 11.7. The van der Waals surface area contributed by atoms with Gasteiger partial charge >= 0.3 is 0 Å². The van der Waals surface area contributed by atoms with Gasteiger partial charge in [-0.05, 0) is 99.6 Å². The Hall–Kier alpha value is -2.48. The zero-order chi connectivity index (χ0) is 28.2. The summed E-state index contributed by atoms with van der Waals surface area (Å²) in [4.78, 5) is 8.61. The van der Waals surface area contributed by atoms with Gasteiger partial charge in [-0.1, -0.05) is 99.6 Å². The average Bonchev–Trinajstić information content (AvgIpc) is 2.86. The molecule has 0 spiro atoms. The minimum atomic E-state index is 0.0830. The van der Waals surface area contributed by atoms with E-state index in [9.17, 15) is 0 Å². The summed E-state index contributed by atoms with van der Waals surface area (Å²) in [5.74, 6) is 1.34. The molecule has 0 saturated heterocycles. The van der Waals surface area contributed by atoms with Crippen molar-refractivity contribution < 1.29 is 0 Å². The second-order valence-electron chi connectivity index (χ2n) is 14.7. The summed E-state index contributed by atoms with van der Waals surface area (Å²) in [6.07, 6.45) is 11.2. The third-order valence-electron chi connectivity index (χ3n) is 9.51. The van der Waals surface area contributed by atoms with E-state index >= 15 is 0 Å². The number of pyridine rings is 2. The molecule has 0 N–H and O–H groups in total. The van der Waals surface area contributed by atoms with Crippen LogP contribution in [0, 0.1) is 21.7 Å². The monoisotopic (exact) mass is 512 g/mol. The van der Waals surface area contributed by atoms with Gasteiger partial charge in [-0.3, -0.25) is 9.97 Å². The molecular weight excluding hydrogens is 460 g/mol. The van der Waals surface area contributed by atoms with Crippen molar-refractivity contribution in [1.29, 1.82) is 0 Å². The summed E-state index contributed by atoms with van der Waals surface area (Å²) in [6.45, 7) is 24.5. The van der Waals surface area contributed by atoms with E-state index in [2.05, 4.69) is 134 Å². The Bertz CT molecular complexity index is 1110. The highest BCUT2D eigenvalue weighted by Gasteiger charge is 2.47. The predicted molar refractivity (Wildman–Crippen MR) is 163 cm³/mol. The van der Waals surface area contributed by atoms with Crippen molar-refractivity contribution in [3.63, 3.8) is 0 Å². The molecule has 0 aliphatic carbocycles. The van der Waals surface area contributed by atoms with Crippen LogP contribution in [0.2, 0.25) is 0 Å². The van der Waals surface area contributed by atoms with Crippen molar-refractivity contribution in [3.05, 3.63) is 96.1 Å². The van der Waals surface area contributed by atoms with Crippen LogP contribution in [-0.2, 0) is 0 Å². The zero-order valence-corrected chi connectivity index (χ0v) is 25.8. The maximum atomic E-state index is 4.36. The van der Waals surface area contributed by atoms with E-state index in [-0.39, 0.29) is 21.7 Å². The van der Waals surface area contributed by atoms with Gasteiger partial charge in [0.1, 0.15) is 0 Å². The van der Waals surface area contributed by atoms with Gasteiger partial charge in [0.25, 0.3) is 0 Å². The molecule has 2 aromatic heterocycles. The van der Waals surface area contributed by atoms with Gasteiger partial charge in [0.15, 0.2) is 0 Å². The molecule has 3 unspecified atom stereocenters. The molecule has 0 saturated carbocycles. The van der Waals surface area contributed by atoms with Crippen LogP contribution in [0.15, 0.2) is 79.4 Å². The predicted octanol–water partition coefficient (Wildman–Crippen LogP) is 10.4. The number of benzene rings is 1.